The summed E-state index contributed by atoms with van der Waals surface area (Å²) in [5.74, 6) is 2.77. The van der Waals surface area contributed by atoms with E-state index in [0.717, 1.165) is 12.2 Å². The Labute approximate surface area is 79.2 Å². The lowest BCUT2D eigenvalue weighted by atomic mass is 9.95. The molecule has 0 aliphatic carbocycles. The van der Waals surface area contributed by atoms with Crippen LogP contribution in [0.2, 0.25) is 0 Å². The van der Waals surface area contributed by atoms with E-state index in [-0.39, 0.29) is 0 Å². The molecule has 1 aliphatic heterocycles. The highest BCUT2D eigenvalue weighted by Gasteiger charge is 2.24. The van der Waals surface area contributed by atoms with Crippen LogP contribution in [0.3, 0.4) is 0 Å². The third-order valence-corrected chi connectivity index (χ3v) is 2.79. The van der Waals surface area contributed by atoms with Crippen molar-refractivity contribution in [2.45, 2.75) is 46.1 Å². The summed E-state index contributed by atoms with van der Waals surface area (Å²) in [4.78, 5) is 4.44. The Morgan fingerprint density at radius 1 is 1.46 bits per heavy atom. The summed E-state index contributed by atoms with van der Waals surface area (Å²) in [6.45, 7) is 6.50. The maximum Gasteiger partial charge on any atom is 0.147 e. The van der Waals surface area contributed by atoms with Crippen LogP contribution in [-0.2, 0) is 6.42 Å². The molecular formula is C10H17N3. The van der Waals surface area contributed by atoms with Crippen LogP contribution in [0.5, 0.6) is 0 Å². The molecule has 1 aliphatic rings. The lowest BCUT2D eigenvalue weighted by Gasteiger charge is -2.26. The van der Waals surface area contributed by atoms with Gasteiger partial charge in [0.25, 0.3) is 0 Å². The number of hydrogen-bond donors (Lipinski definition) is 0. The second-order valence-electron chi connectivity index (χ2n) is 4.22. The van der Waals surface area contributed by atoms with Gasteiger partial charge in [0.05, 0.1) is 6.04 Å². The maximum atomic E-state index is 4.46. The van der Waals surface area contributed by atoms with Crippen molar-refractivity contribution in [3.63, 3.8) is 0 Å². The van der Waals surface area contributed by atoms with Gasteiger partial charge in [-0.2, -0.15) is 5.10 Å². The van der Waals surface area contributed by atoms with Gasteiger partial charge in [0, 0.05) is 6.42 Å². The predicted octanol–water partition coefficient (Wildman–Crippen LogP) is 2.12. The number of hydrogen-bond acceptors (Lipinski definition) is 2. The van der Waals surface area contributed by atoms with E-state index in [1.165, 1.54) is 18.7 Å². The monoisotopic (exact) mass is 179 g/mol. The molecule has 0 saturated carbocycles. The van der Waals surface area contributed by atoms with Crippen LogP contribution < -0.4 is 0 Å². The minimum absolute atomic E-state index is 0.574. The first-order valence-corrected chi connectivity index (χ1v) is 5.10. The quantitative estimate of drug-likeness (QED) is 0.661. The van der Waals surface area contributed by atoms with Crippen molar-refractivity contribution in [1.82, 2.24) is 14.8 Å². The third-order valence-electron chi connectivity index (χ3n) is 2.79. The van der Waals surface area contributed by atoms with E-state index in [9.17, 15) is 0 Å². The number of fused-ring (bicyclic) bond motifs is 1. The van der Waals surface area contributed by atoms with E-state index in [2.05, 4.69) is 28.6 Å². The summed E-state index contributed by atoms with van der Waals surface area (Å²) in [6.07, 6.45) is 3.62. The Balaban J connectivity index is 2.36. The molecule has 1 aromatic rings. The van der Waals surface area contributed by atoms with Gasteiger partial charge in [-0.05, 0) is 25.7 Å². The molecule has 0 bridgehead atoms. The summed E-state index contributed by atoms with van der Waals surface area (Å²) in [7, 11) is 0. The van der Waals surface area contributed by atoms with E-state index in [0.29, 0.717) is 12.0 Å². The highest BCUT2D eigenvalue weighted by atomic mass is 15.4. The number of rotatable bonds is 1. The molecule has 0 saturated heterocycles. The predicted molar refractivity (Wildman–Crippen MR) is 51.6 cm³/mol. The smallest absolute Gasteiger partial charge is 0.147 e. The van der Waals surface area contributed by atoms with Gasteiger partial charge < -0.3 is 0 Å². The van der Waals surface area contributed by atoms with Crippen molar-refractivity contribution in [3.8, 4) is 0 Å². The highest BCUT2D eigenvalue weighted by Crippen LogP contribution is 2.28. The van der Waals surface area contributed by atoms with Crippen molar-refractivity contribution in [1.29, 1.82) is 0 Å². The van der Waals surface area contributed by atoms with Crippen LogP contribution in [-0.4, -0.2) is 14.8 Å². The van der Waals surface area contributed by atoms with Gasteiger partial charge in [0.2, 0.25) is 0 Å². The van der Waals surface area contributed by atoms with Crippen LogP contribution >= 0.6 is 0 Å². The first-order valence-electron chi connectivity index (χ1n) is 5.10. The van der Waals surface area contributed by atoms with Gasteiger partial charge in [0.15, 0.2) is 0 Å². The van der Waals surface area contributed by atoms with E-state index >= 15 is 0 Å². The van der Waals surface area contributed by atoms with Crippen LogP contribution in [0.4, 0.5) is 0 Å². The zero-order valence-corrected chi connectivity index (χ0v) is 8.62. The first-order chi connectivity index (χ1) is 6.18. The summed E-state index contributed by atoms with van der Waals surface area (Å²) in [5.41, 5.74) is 0. The SMILES string of the molecule is Cc1nc2n(n1)C(C(C)C)CCC2. The molecule has 1 aromatic heterocycles. The van der Waals surface area contributed by atoms with Gasteiger partial charge >= 0.3 is 0 Å². The molecule has 13 heavy (non-hydrogen) atoms. The molecule has 1 atom stereocenters. The Kier molecular flexibility index (Phi) is 2.10. The standard InChI is InChI=1S/C10H17N3/c1-7(2)9-5-4-6-10-11-8(3)12-13(9)10/h7,9H,4-6H2,1-3H3. The lowest BCUT2D eigenvalue weighted by Crippen LogP contribution is -2.23. The minimum atomic E-state index is 0.574. The Morgan fingerprint density at radius 3 is 2.92 bits per heavy atom. The molecule has 3 heteroatoms. The molecule has 0 N–H and O–H groups in total. The molecule has 0 spiro atoms. The molecular weight excluding hydrogens is 162 g/mol. The molecule has 2 heterocycles. The van der Waals surface area contributed by atoms with Gasteiger partial charge in [-0.15, -0.1) is 0 Å². The normalized spacial score (nSPS) is 22.0. The first kappa shape index (κ1) is 8.73. The van der Waals surface area contributed by atoms with Gasteiger partial charge in [0.1, 0.15) is 11.6 Å². The van der Waals surface area contributed by atoms with E-state index in [1.54, 1.807) is 0 Å². The molecule has 0 fully saturated rings. The average Bonchev–Trinajstić information content (AvgIpc) is 2.43. The Bertz CT molecular complexity index is 301. The summed E-state index contributed by atoms with van der Waals surface area (Å²) >= 11 is 0. The van der Waals surface area contributed by atoms with Crippen molar-refractivity contribution < 1.29 is 0 Å². The Morgan fingerprint density at radius 2 is 2.23 bits per heavy atom. The maximum absolute atomic E-state index is 4.46. The summed E-state index contributed by atoms with van der Waals surface area (Å²) in [6, 6.07) is 0.574. The minimum Gasteiger partial charge on any atom is -0.247 e. The molecule has 0 amide bonds. The number of aromatic nitrogens is 3. The fraction of sp³-hybridized carbons (Fsp3) is 0.800. The van der Waals surface area contributed by atoms with Crippen LogP contribution in [0, 0.1) is 12.8 Å². The van der Waals surface area contributed by atoms with Gasteiger partial charge in [-0.25, -0.2) is 9.67 Å². The topological polar surface area (TPSA) is 30.7 Å². The molecule has 2 rings (SSSR count). The van der Waals surface area contributed by atoms with E-state index in [4.69, 9.17) is 0 Å². The fourth-order valence-electron chi connectivity index (χ4n) is 2.12. The lowest BCUT2D eigenvalue weighted by molar-refractivity contribution is 0.284. The zero-order chi connectivity index (χ0) is 9.42. The highest BCUT2D eigenvalue weighted by molar-refractivity contribution is 4.97. The molecule has 3 nitrogen and oxygen atoms in total. The number of nitrogens with zero attached hydrogens (tertiary/aromatic N) is 3. The fourth-order valence-corrected chi connectivity index (χ4v) is 2.12. The second-order valence-corrected chi connectivity index (χ2v) is 4.22. The van der Waals surface area contributed by atoms with Gasteiger partial charge in [-0.1, -0.05) is 13.8 Å². The van der Waals surface area contributed by atoms with Crippen molar-refractivity contribution in [2.75, 3.05) is 0 Å². The van der Waals surface area contributed by atoms with Crippen LogP contribution in [0.1, 0.15) is 44.4 Å². The average molecular weight is 179 g/mol. The molecule has 0 radical (unpaired) electrons. The van der Waals surface area contributed by atoms with E-state index in [1.807, 2.05) is 6.92 Å². The van der Waals surface area contributed by atoms with Crippen molar-refractivity contribution in [2.24, 2.45) is 5.92 Å². The molecule has 72 valence electrons. The van der Waals surface area contributed by atoms with E-state index < -0.39 is 0 Å². The number of aryl methyl sites for hydroxylation is 2. The summed E-state index contributed by atoms with van der Waals surface area (Å²) < 4.78 is 2.14. The van der Waals surface area contributed by atoms with Crippen molar-refractivity contribution >= 4 is 0 Å². The second kappa shape index (κ2) is 3.13. The van der Waals surface area contributed by atoms with Gasteiger partial charge in [-0.3, -0.25) is 0 Å². The molecule has 0 aromatic carbocycles. The van der Waals surface area contributed by atoms with Crippen molar-refractivity contribution in [3.05, 3.63) is 11.6 Å². The third kappa shape index (κ3) is 1.47. The zero-order valence-electron chi connectivity index (χ0n) is 8.62. The Hall–Kier alpha value is -0.860. The summed E-state index contributed by atoms with van der Waals surface area (Å²) in [5, 5.41) is 4.46. The van der Waals surface area contributed by atoms with Crippen LogP contribution in [0.15, 0.2) is 0 Å². The van der Waals surface area contributed by atoms with Crippen LogP contribution in [0.25, 0.3) is 0 Å². The largest absolute Gasteiger partial charge is 0.247 e. The molecule has 1 unspecified atom stereocenters.